The largest absolute Gasteiger partial charge is 0.335 e. The molecular weight excluding hydrogens is 256 g/mol. The molecule has 1 N–H and O–H groups in total. The van der Waals surface area contributed by atoms with Crippen molar-refractivity contribution in [1.82, 2.24) is 0 Å². The highest BCUT2D eigenvalue weighted by Crippen LogP contribution is 2.38. The second kappa shape index (κ2) is 4.69. The van der Waals surface area contributed by atoms with Crippen LogP contribution >= 0.6 is 0 Å². The standard InChI is InChI=1S/C8H5F2N3O5/c1-3(14)11-6-7(12(15)16)4(9)2-5(10)8(6)13(17)18/h2H,1H3,(H,11,14). The summed E-state index contributed by atoms with van der Waals surface area (Å²) in [4.78, 5) is 29.4. The van der Waals surface area contributed by atoms with Crippen molar-refractivity contribution < 1.29 is 23.4 Å². The first-order valence-electron chi connectivity index (χ1n) is 4.34. The number of nitrogens with zero attached hydrogens (tertiary/aromatic N) is 2. The Labute approximate surface area is 97.5 Å². The normalized spacial score (nSPS) is 9.94. The maximum absolute atomic E-state index is 13.2. The van der Waals surface area contributed by atoms with Crippen molar-refractivity contribution in [2.45, 2.75) is 6.92 Å². The molecule has 0 aliphatic heterocycles. The summed E-state index contributed by atoms with van der Waals surface area (Å²) in [5.41, 5.74) is -3.84. The van der Waals surface area contributed by atoms with E-state index >= 15 is 0 Å². The molecule has 0 unspecified atom stereocenters. The molecule has 1 amide bonds. The molecule has 0 aliphatic rings. The number of halogens is 2. The number of hydrogen-bond acceptors (Lipinski definition) is 5. The van der Waals surface area contributed by atoms with Gasteiger partial charge >= 0.3 is 11.4 Å². The van der Waals surface area contributed by atoms with Crippen LogP contribution in [0.25, 0.3) is 0 Å². The number of nitrogens with one attached hydrogen (secondary N) is 1. The van der Waals surface area contributed by atoms with Crippen LogP contribution in [-0.4, -0.2) is 15.8 Å². The lowest BCUT2D eigenvalue weighted by Gasteiger charge is -2.05. The lowest BCUT2D eigenvalue weighted by Crippen LogP contribution is -2.12. The Bertz CT molecular complexity index is 522. The predicted molar refractivity (Wildman–Crippen MR) is 54.0 cm³/mol. The lowest BCUT2D eigenvalue weighted by atomic mass is 10.2. The number of anilines is 1. The first-order valence-corrected chi connectivity index (χ1v) is 4.34. The van der Waals surface area contributed by atoms with E-state index < -0.39 is 44.5 Å². The highest BCUT2D eigenvalue weighted by molar-refractivity contribution is 5.94. The third-order valence-electron chi connectivity index (χ3n) is 1.85. The van der Waals surface area contributed by atoms with Gasteiger partial charge in [-0.05, 0) is 0 Å². The molecule has 0 atom stereocenters. The molecule has 8 nitrogen and oxygen atoms in total. The van der Waals surface area contributed by atoms with E-state index in [1.54, 1.807) is 5.32 Å². The Kier molecular flexibility index (Phi) is 3.50. The second-order valence-electron chi connectivity index (χ2n) is 3.11. The van der Waals surface area contributed by atoms with E-state index in [0.717, 1.165) is 6.92 Å². The summed E-state index contributed by atoms with van der Waals surface area (Å²) in [6.07, 6.45) is 0. The van der Waals surface area contributed by atoms with Crippen LogP contribution in [0.4, 0.5) is 25.8 Å². The van der Waals surface area contributed by atoms with Gasteiger partial charge in [-0.1, -0.05) is 0 Å². The van der Waals surface area contributed by atoms with Crippen LogP contribution in [-0.2, 0) is 4.79 Å². The summed E-state index contributed by atoms with van der Waals surface area (Å²) in [6, 6.07) is 0.0155. The molecule has 0 aromatic heterocycles. The SMILES string of the molecule is CC(=O)Nc1c([N+](=O)[O-])c(F)cc(F)c1[N+](=O)[O-]. The average Bonchev–Trinajstić information content (AvgIpc) is 2.13. The minimum absolute atomic E-state index is 0.0155. The van der Waals surface area contributed by atoms with E-state index in [1.807, 2.05) is 0 Å². The third kappa shape index (κ3) is 2.36. The number of carbonyl (C=O) groups is 1. The molecule has 1 aromatic carbocycles. The van der Waals surface area contributed by atoms with Crippen LogP contribution in [0, 0.1) is 31.9 Å². The maximum atomic E-state index is 13.2. The van der Waals surface area contributed by atoms with Crippen LogP contribution in [0.3, 0.4) is 0 Å². The number of amides is 1. The molecule has 0 bridgehead atoms. The number of carbonyl (C=O) groups excluding carboxylic acids is 1. The van der Waals surface area contributed by atoms with Crippen molar-refractivity contribution in [2.24, 2.45) is 0 Å². The van der Waals surface area contributed by atoms with Gasteiger partial charge in [0.05, 0.1) is 9.85 Å². The monoisotopic (exact) mass is 261 g/mol. The van der Waals surface area contributed by atoms with Crippen molar-refractivity contribution >= 4 is 23.0 Å². The first kappa shape index (κ1) is 13.4. The summed E-state index contributed by atoms with van der Waals surface area (Å²) in [5, 5.41) is 22.8. The zero-order valence-corrected chi connectivity index (χ0v) is 8.77. The van der Waals surface area contributed by atoms with Gasteiger partial charge in [-0.25, -0.2) is 0 Å². The number of benzene rings is 1. The lowest BCUT2D eigenvalue weighted by molar-refractivity contribution is -0.395. The van der Waals surface area contributed by atoms with Crippen LogP contribution in [0.15, 0.2) is 6.07 Å². The number of nitro groups is 2. The maximum Gasteiger partial charge on any atom is 0.335 e. The van der Waals surface area contributed by atoms with Gasteiger partial charge in [-0.2, -0.15) is 8.78 Å². The Morgan fingerprint density at radius 1 is 1.17 bits per heavy atom. The van der Waals surface area contributed by atoms with Gasteiger partial charge in [0.25, 0.3) is 0 Å². The molecule has 1 rings (SSSR count). The van der Waals surface area contributed by atoms with Crippen LogP contribution in [0.1, 0.15) is 6.92 Å². The predicted octanol–water partition coefficient (Wildman–Crippen LogP) is 1.74. The van der Waals surface area contributed by atoms with E-state index in [1.165, 1.54) is 0 Å². The van der Waals surface area contributed by atoms with Crippen molar-refractivity contribution in [3.8, 4) is 0 Å². The Hall–Kier alpha value is -2.65. The molecule has 0 spiro atoms. The van der Waals surface area contributed by atoms with Crippen molar-refractivity contribution in [1.29, 1.82) is 0 Å². The molecule has 0 aliphatic carbocycles. The van der Waals surface area contributed by atoms with E-state index in [4.69, 9.17) is 0 Å². The van der Waals surface area contributed by atoms with Crippen LogP contribution in [0.5, 0.6) is 0 Å². The zero-order valence-electron chi connectivity index (χ0n) is 8.77. The summed E-state index contributed by atoms with van der Waals surface area (Å²) in [7, 11) is 0. The van der Waals surface area contributed by atoms with E-state index in [2.05, 4.69) is 0 Å². The molecule has 10 heteroatoms. The van der Waals surface area contributed by atoms with Crippen molar-refractivity contribution in [3.63, 3.8) is 0 Å². The molecule has 1 aromatic rings. The highest BCUT2D eigenvalue weighted by Gasteiger charge is 2.34. The fourth-order valence-corrected chi connectivity index (χ4v) is 1.25. The van der Waals surface area contributed by atoms with Gasteiger partial charge in [-0.3, -0.25) is 25.0 Å². The Morgan fingerprint density at radius 2 is 1.56 bits per heavy atom. The minimum atomic E-state index is -1.62. The van der Waals surface area contributed by atoms with Gasteiger partial charge in [0.15, 0.2) is 0 Å². The fourth-order valence-electron chi connectivity index (χ4n) is 1.25. The van der Waals surface area contributed by atoms with Crippen molar-refractivity contribution in [3.05, 3.63) is 37.9 Å². The average molecular weight is 261 g/mol. The summed E-state index contributed by atoms with van der Waals surface area (Å²) in [6.45, 7) is 0.885. The van der Waals surface area contributed by atoms with Gasteiger partial charge < -0.3 is 5.32 Å². The van der Waals surface area contributed by atoms with Gasteiger partial charge in [0.2, 0.25) is 23.2 Å². The first-order chi connectivity index (χ1) is 8.25. The molecule has 96 valence electrons. The van der Waals surface area contributed by atoms with Crippen LogP contribution in [0.2, 0.25) is 0 Å². The molecule has 0 saturated carbocycles. The van der Waals surface area contributed by atoms with Gasteiger partial charge in [-0.15, -0.1) is 0 Å². The minimum Gasteiger partial charge on any atom is -0.315 e. The quantitative estimate of drug-likeness (QED) is 0.657. The van der Waals surface area contributed by atoms with E-state index in [9.17, 15) is 33.8 Å². The van der Waals surface area contributed by atoms with Gasteiger partial charge in [0, 0.05) is 13.0 Å². The van der Waals surface area contributed by atoms with Gasteiger partial charge in [0.1, 0.15) is 0 Å². The summed E-state index contributed by atoms with van der Waals surface area (Å²) in [5.74, 6) is -4.18. The second-order valence-corrected chi connectivity index (χ2v) is 3.11. The molecule has 18 heavy (non-hydrogen) atoms. The topological polar surface area (TPSA) is 115 Å². The molecule has 0 fully saturated rings. The molecule has 0 saturated heterocycles. The highest BCUT2D eigenvalue weighted by atomic mass is 19.1. The number of hydrogen-bond donors (Lipinski definition) is 1. The van der Waals surface area contributed by atoms with Crippen LogP contribution < -0.4 is 5.32 Å². The molecular formula is C8H5F2N3O5. The Balaban J connectivity index is 3.70. The smallest absolute Gasteiger partial charge is 0.315 e. The molecule has 0 radical (unpaired) electrons. The molecule has 0 heterocycles. The third-order valence-corrected chi connectivity index (χ3v) is 1.85. The summed E-state index contributed by atoms with van der Waals surface area (Å²) >= 11 is 0. The Morgan fingerprint density at radius 3 is 1.83 bits per heavy atom. The fraction of sp³-hybridized carbons (Fsp3) is 0.125. The van der Waals surface area contributed by atoms with E-state index in [-0.39, 0.29) is 6.07 Å². The summed E-state index contributed by atoms with van der Waals surface area (Å²) < 4.78 is 26.4. The number of nitro benzene ring substituents is 2. The van der Waals surface area contributed by atoms with E-state index in [0.29, 0.717) is 0 Å². The van der Waals surface area contributed by atoms with Crippen molar-refractivity contribution in [2.75, 3.05) is 5.32 Å². The zero-order chi connectivity index (χ0) is 14.0. The number of rotatable bonds is 3.